The Balaban J connectivity index is 1.88. The van der Waals surface area contributed by atoms with Gasteiger partial charge in [-0.25, -0.2) is 15.0 Å². The van der Waals surface area contributed by atoms with Gasteiger partial charge < -0.3 is 9.88 Å². The maximum absolute atomic E-state index is 12.9. The normalized spacial score (nSPS) is 13.2. The molecule has 0 aliphatic rings. The van der Waals surface area contributed by atoms with Crippen molar-refractivity contribution in [2.45, 2.75) is 40.3 Å². The lowest BCUT2D eigenvalue weighted by molar-refractivity contribution is 0.0886. The van der Waals surface area contributed by atoms with Crippen molar-refractivity contribution in [3.8, 4) is 0 Å². The third-order valence-electron chi connectivity index (χ3n) is 4.10. The second-order valence-corrected chi connectivity index (χ2v) is 6.99. The van der Waals surface area contributed by atoms with Gasteiger partial charge >= 0.3 is 0 Å². The number of imidazole rings is 2. The van der Waals surface area contributed by atoms with E-state index in [-0.39, 0.29) is 17.4 Å². The minimum absolute atomic E-state index is 0.0548. The van der Waals surface area contributed by atoms with E-state index in [4.69, 9.17) is 0 Å². The lowest BCUT2D eigenvalue weighted by Crippen LogP contribution is -2.46. The Morgan fingerprint density at radius 2 is 2.08 bits per heavy atom. The zero-order valence-corrected chi connectivity index (χ0v) is 14.4. The van der Waals surface area contributed by atoms with Gasteiger partial charge in [0.1, 0.15) is 5.69 Å². The molecule has 0 unspecified atom stereocenters. The molecule has 24 heavy (non-hydrogen) atoms. The number of hydrogen-bond donors (Lipinski definition) is 1. The van der Waals surface area contributed by atoms with Crippen molar-refractivity contribution in [2.75, 3.05) is 0 Å². The van der Waals surface area contributed by atoms with Gasteiger partial charge in [0.25, 0.3) is 5.91 Å². The van der Waals surface area contributed by atoms with Crippen LogP contribution in [0.4, 0.5) is 0 Å². The number of aromatic nitrogens is 5. The van der Waals surface area contributed by atoms with Crippen molar-refractivity contribution >= 4 is 11.7 Å². The van der Waals surface area contributed by atoms with Crippen LogP contribution in [0.2, 0.25) is 0 Å². The average Bonchev–Trinajstić information content (AvgIpc) is 3.11. The lowest BCUT2D eigenvalue weighted by atomic mass is 9.86. The Labute approximate surface area is 140 Å². The smallest absolute Gasteiger partial charge is 0.270 e. The Kier molecular flexibility index (Phi) is 4.09. The fraction of sp³-hybridized carbons (Fsp3) is 0.412. The number of nitrogens with one attached hydrogen (secondary N) is 1. The molecule has 7 heteroatoms. The van der Waals surface area contributed by atoms with Crippen molar-refractivity contribution in [2.24, 2.45) is 5.41 Å². The summed E-state index contributed by atoms with van der Waals surface area (Å²) < 4.78 is 3.70. The predicted octanol–water partition coefficient (Wildman–Crippen LogP) is 2.08. The molecular weight excluding hydrogens is 304 g/mol. The van der Waals surface area contributed by atoms with E-state index in [0.29, 0.717) is 23.7 Å². The van der Waals surface area contributed by atoms with Gasteiger partial charge in [-0.15, -0.1) is 0 Å². The largest absolute Gasteiger partial charge is 0.346 e. The Bertz CT molecular complexity index is 844. The summed E-state index contributed by atoms with van der Waals surface area (Å²) in [7, 11) is 0. The standard InChI is InChI=1S/C17H22N6O/c1-12-14(23-8-5-6-19-16(23)20-12)15(24)21-13(17(2,3)4)10-22-9-7-18-11-22/h5-9,11,13H,10H2,1-4H3,(H,21,24)/t13-/m0/s1. The van der Waals surface area contributed by atoms with E-state index < -0.39 is 0 Å². The average molecular weight is 326 g/mol. The van der Waals surface area contributed by atoms with Crippen LogP contribution in [0.3, 0.4) is 0 Å². The van der Waals surface area contributed by atoms with Crippen LogP contribution in [0.5, 0.6) is 0 Å². The summed E-state index contributed by atoms with van der Waals surface area (Å²) in [4.78, 5) is 25.5. The van der Waals surface area contributed by atoms with E-state index in [1.54, 1.807) is 35.4 Å². The van der Waals surface area contributed by atoms with Crippen LogP contribution in [0, 0.1) is 12.3 Å². The first kappa shape index (κ1) is 16.2. The molecule has 0 bridgehead atoms. The Morgan fingerprint density at radius 1 is 1.29 bits per heavy atom. The van der Waals surface area contributed by atoms with Gasteiger partial charge in [0, 0.05) is 31.3 Å². The van der Waals surface area contributed by atoms with E-state index in [2.05, 4.69) is 41.0 Å². The number of aryl methyl sites for hydroxylation is 1. The van der Waals surface area contributed by atoms with Crippen molar-refractivity contribution in [3.63, 3.8) is 0 Å². The van der Waals surface area contributed by atoms with Crippen molar-refractivity contribution in [1.82, 2.24) is 29.2 Å². The first-order valence-corrected chi connectivity index (χ1v) is 7.92. The second kappa shape index (κ2) is 6.07. The molecule has 3 heterocycles. The molecule has 0 spiro atoms. The number of nitrogens with zero attached hydrogens (tertiary/aromatic N) is 5. The summed E-state index contributed by atoms with van der Waals surface area (Å²) in [6, 6.07) is 1.73. The molecule has 7 nitrogen and oxygen atoms in total. The van der Waals surface area contributed by atoms with Crippen LogP contribution in [-0.4, -0.2) is 35.9 Å². The summed E-state index contributed by atoms with van der Waals surface area (Å²) in [5, 5.41) is 3.15. The molecule has 0 aliphatic heterocycles. The number of hydrogen-bond acceptors (Lipinski definition) is 4. The van der Waals surface area contributed by atoms with Gasteiger partial charge in [0.2, 0.25) is 5.78 Å². The van der Waals surface area contributed by atoms with Gasteiger partial charge in [-0.05, 0) is 18.4 Å². The summed E-state index contributed by atoms with van der Waals surface area (Å²) in [6.07, 6.45) is 8.87. The van der Waals surface area contributed by atoms with Crippen molar-refractivity contribution < 1.29 is 4.79 Å². The zero-order chi connectivity index (χ0) is 17.3. The molecule has 126 valence electrons. The van der Waals surface area contributed by atoms with Crippen LogP contribution in [0.1, 0.15) is 37.0 Å². The highest BCUT2D eigenvalue weighted by atomic mass is 16.2. The molecule has 0 aliphatic carbocycles. The Morgan fingerprint density at radius 3 is 2.75 bits per heavy atom. The van der Waals surface area contributed by atoms with E-state index in [1.165, 1.54) is 0 Å². The first-order chi connectivity index (χ1) is 11.4. The fourth-order valence-corrected chi connectivity index (χ4v) is 2.64. The van der Waals surface area contributed by atoms with E-state index in [0.717, 1.165) is 0 Å². The third-order valence-corrected chi connectivity index (χ3v) is 4.10. The fourth-order valence-electron chi connectivity index (χ4n) is 2.64. The monoisotopic (exact) mass is 326 g/mol. The number of carbonyl (C=O) groups is 1. The van der Waals surface area contributed by atoms with E-state index in [9.17, 15) is 4.79 Å². The molecule has 3 aromatic rings. The number of rotatable bonds is 4. The van der Waals surface area contributed by atoms with Crippen LogP contribution >= 0.6 is 0 Å². The van der Waals surface area contributed by atoms with E-state index >= 15 is 0 Å². The topological polar surface area (TPSA) is 77.1 Å². The molecule has 0 fully saturated rings. The lowest BCUT2D eigenvalue weighted by Gasteiger charge is -2.31. The first-order valence-electron chi connectivity index (χ1n) is 7.92. The highest BCUT2D eigenvalue weighted by Gasteiger charge is 2.28. The van der Waals surface area contributed by atoms with Crippen molar-refractivity contribution in [1.29, 1.82) is 0 Å². The van der Waals surface area contributed by atoms with Crippen LogP contribution in [0.15, 0.2) is 37.2 Å². The summed E-state index contributed by atoms with van der Waals surface area (Å²) in [5.41, 5.74) is 1.09. The van der Waals surface area contributed by atoms with Gasteiger partial charge in [-0.1, -0.05) is 20.8 Å². The third kappa shape index (κ3) is 3.15. The van der Waals surface area contributed by atoms with Gasteiger partial charge in [-0.3, -0.25) is 9.20 Å². The second-order valence-electron chi connectivity index (χ2n) is 6.99. The minimum Gasteiger partial charge on any atom is -0.346 e. The SMILES string of the molecule is Cc1nc2ncccn2c1C(=O)N[C@@H](Cn1ccnc1)C(C)(C)C. The number of carbonyl (C=O) groups excluding carboxylic acids is 1. The molecule has 0 saturated heterocycles. The van der Waals surface area contributed by atoms with Gasteiger partial charge in [-0.2, -0.15) is 0 Å². The van der Waals surface area contributed by atoms with Crippen LogP contribution in [0.25, 0.3) is 5.78 Å². The zero-order valence-electron chi connectivity index (χ0n) is 14.4. The number of fused-ring (bicyclic) bond motifs is 1. The molecule has 3 rings (SSSR count). The summed E-state index contributed by atoms with van der Waals surface area (Å²) in [5.74, 6) is 0.384. The molecular formula is C17H22N6O. The van der Waals surface area contributed by atoms with Gasteiger partial charge in [0.15, 0.2) is 0 Å². The molecule has 1 amide bonds. The highest BCUT2D eigenvalue weighted by Crippen LogP contribution is 2.22. The molecule has 3 aromatic heterocycles. The molecule has 0 saturated carbocycles. The molecule has 1 N–H and O–H groups in total. The van der Waals surface area contributed by atoms with E-state index in [1.807, 2.05) is 17.7 Å². The Hall–Kier alpha value is -2.70. The predicted molar refractivity (Wildman–Crippen MR) is 90.7 cm³/mol. The maximum atomic E-state index is 12.9. The quantitative estimate of drug-likeness (QED) is 0.796. The van der Waals surface area contributed by atoms with Gasteiger partial charge in [0.05, 0.1) is 18.1 Å². The molecule has 1 atom stereocenters. The maximum Gasteiger partial charge on any atom is 0.270 e. The summed E-state index contributed by atoms with van der Waals surface area (Å²) >= 11 is 0. The molecule has 0 aromatic carbocycles. The van der Waals surface area contributed by atoms with Crippen molar-refractivity contribution in [3.05, 3.63) is 48.6 Å². The minimum atomic E-state index is -0.145. The summed E-state index contributed by atoms with van der Waals surface area (Å²) in [6.45, 7) is 8.81. The number of amides is 1. The van der Waals surface area contributed by atoms with Crippen LogP contribution < -0.4 is 5.32 Å². The highest BCUT2D eigenvalue weighted by molar-refractivity contribution is 5.94. The van der Waals surface area contributed by atoms with Crippen LogP contribution in [-0.2, 0) is 6.54 Å². The molecule has 0 radical (unpaired) electrons.